The maximum absolute atomic E-state index is 6.19. The fraction of sp³-hybridized carbons (Fsp3) is 0.417. The summed E-state index contributed by atoms with van der Waals surface area (Å²) >= 11 is 1.64. The molecular formula is C24H28O4S. The van der Waals surface area contributed by atoms with Gasteiger partial charge in [0.15, 0.2) is 11.5 Å². The molecule has 29 heavy (non-hydrogen) atoms. The van der Waals surface area contributed by atoms with Gasteiger partial charge in [0.25, 0.3) is 0 Å². The predicted molar refractivity (Wildman–Crippen MR) is 118 cm³/mol. The number of fused-ring (bicyclic) bond motifs is 1. The van der Waals surface area contributed by atoms with Crippen molar-refractivity contribution in [3.63, 3.8) is 0 Å². The highest BCUT2D eigenvalue weighted by Crippen LogP contribution is 2.40. The largest absolute Gasteiger partial charge is 0.493 e. The zero-order valence-corrected chi connectivity index (χ0v) is 17.9. The predicted octanol–water partition coefficient (Wildman–Crippen LogP) is 6.46. The van der Waals surface area contributed by atoms with E-state index in [-0.39, 0.29) is 0 Å². The third kappa shape index (κ3) is 4.61. The molecule has 0 radical (unpaired) electrons. The van der Waals surface area contributed by atoms with Gasteiger partial charge in [-0.1, -0.05) is 37.5 Å². The lowest BCUT2D eigenvalue weighted by Gasteiger charge is -2.22. The summed E-state index contributed by atoms with van der Waals surface area (Å²) in [6.45, 7) is 1.27. The molecule has 5 heteroatoms. The average Bonchev–Trinajstić information content (AvgIpc) is 3.18. The van der Waals surface area contributed by atoms with Gasteiger partial charge in [-0.3, -0.25) is 0 Å². The number of hydrogen-bond acceptors (Lipinski definition) is 5. The Kier molecular flexibility index (Phi) is 6.45. The second-order valence-corrected chi connectivity index (χ2v) is 8.43. The van der Waals surface area contributed by atoms with E-state index in [2.05, 4.69) is 6.07 Å². The Balaban J connectivity index is 1.46. The number of thiophene rings is 1. The van der Waals surface area contributed by atoms with Crippen LogP contribution in [-0.4, -0.2) is 20.8 Å². The van der Waals surface area contributed by atoms with Crippen LogP contribution < -0.4 is 18.9 Å². The van der Waals surface area contributed by atoms with Crippen molar-refractivity contribution in [1.29, 1.82) is 0 Å². The van der Waals surface area contributed by atoms with Gasteiger partial charge in [0, 0.05) is 27.1 Å². The van der Waals surface area contributed by atoms with E-state index in [1.165, 1.54) is 32.1 Å². The van der Waals surface area contributed by atoms with Crippen LogP contribution in [0.15, 0.2) is 41.8 Å². The number of rotatable bonds is 8. The van der Waals surface area contributed by atoms with E-state index in [0.717, 1.165) is 39.5 Å². The summed E-state index contributed by atoms with van der Waals surface area (Å²) in [7, 11) is 3.30. The van der Waals surface area contributed by atoms with E-state index in [1.807, 2.05) is 35.7 Å². The van der Waals surface area contributed by atoms with Crippen molar-refractivity contribution in [2.45, 2.75) is 38.7 Å². The van der Waals surface area contributed by atoms with Crippen LogP contribution >= 0.6 is 11.3 Å². The highest BCUT2D eigenvalue weighted by atomic mass is 32.1. The van der Waals surface area contributed by atoms with Crippen LogP contribution in [0.5, 0.6) is 23.0 Å². The zero-order chi connectivity index (χ0) is 20.1. The molecule has 4 rings (SSSR count). The quantitative estimate of drug-likeness (QED) is 0.426. The van der Waals surface area contributed by atoms with Crippen molar-refractivity contribution in [1.82, 2.24) is 0 Å². The zero-order valence-electron chi connectivity index (χ0n) is 17.1. The van der Waals surface area contributed by atoms with Crippen molar-refractivity contribution < 1.29 is 18.9 Å². The van der Waals surface area contributed by atoms with Crippen LogP contribution in [0.1, 0.15) is 37.7 Å². The van der Waals surface area contributed by atoms with Gasteiger partial charge < -0.3 is 18.9 Å². The van der Waals surface area contributed by atoms with Gasteiger partial charge in [0.1, 0.15) is 18.1 Å². The molecule has 0 bridgehead atoms. The summed E-state index contributed by atoms with van der Waals surface area (Å²) in [5.41, 5.74) is 1.07. The molecule has 4 nitrogen and oxygen atoms in total. The monoisotopic (exact) mass is 412 g/mol. The molecule has 1 aliphatic carbocycles. The Bertz CT molecular complexity index is 943. The molecule has 1 aliphatic rings. The minimum atomic E-state index is 0.473. The van der Waals surface area contributed by atoms with Crippen LogP contribution in [0.3, 0.4) is 0 Å². The van der Waals surface area contributed by atoms with Crippen molar-refractivity contribution in [2.75, 3.05) is 20.8 Å². The lowest BCUT2D eigenvalue weighted by atomic mass is 9.90. The van der Waals surface area contributed by atoms with Crippen molar-refractivity contribution >= 4 is 21.4 Å². The molecule has 1 aromatic heterocycles. The summed E-state index contributed by atoms with van der Waals surface area (Å²) in [6, 6.07) is 12.1. The molecule has 2 aromatic carbocycles. The smallest absolute Gasteiger partial charge is 0.162 e. The second-order valence-electron chi connectivity index (χ2n) is 7.51. The van der Waals surface area contributed by atoms with E-state index >= 15 is 0 Å². The summed E-state index contributed by atoms with van der Waals surface area (Å²) in [6.07, 6.45) is 6.60. The summed E-state index contributed by atoms with van der Waals surface area (Å²) in [4.78, 5) is 0. The van der Waals surface area contributed by atoms with Gasteiger partial charge in [0.2, 0.25) is 0 Å². The summed E-state index contributed by atoms with van der Waals surface area (Å²) < 4.78 is 24.3. The van der Waals surface area contributed by atoms with Crippen LogP contribution in [0.2, 0.25) is 0 Å². The van der Waals surface area contributed by atoms with Crippen LogP contribution in [0.4, 0.5) is 0 Å². The first-order valence-electron chi connectivity index (χ1n) is 10.2. The lowest BCUT2D eigenvalue weighted by Crippen LogP contribution is -2.16. The fourth-order valence-electron chi connectivity index (χ4n) is 3.92. The fourth-order valence-corrected chi connectivity index (χ4v) is 4.81. The van der Waals surface area contributed by atoms with Gasteiger partial charge >= 0.3 is 0 Å². The molecule has 154 valence electrons. The van der Waals surface area contributed by atoms with Gasteiger partial charge in [-0.15, -0.1) is 11.3 Å². The van der Waals surface area contributed by atoms with E-state index in [4.69, 9.17) is 18.9 Å². The van der Waals surface area contributed by atoms with E-state index in [1.54, 1.807) is 25.6 Å². The van der Waals surface area contributed by atoms with Crippen molar-refractivity contribution in [2.24, 2.45) is 5.92 Å². The Hall–Kier alpha value is -2.40. The SMILES string of the molecule is COc1cc2scc(OCc3ccccc3OCC3CCCCC3)c2cc1OC. The molecule has 0 unspecified atom stereocenters. The number of hydrogen-bond donors (Lipinski definition) is 0. The molecule has 0 amide bonds. The normalized spacial score (nSPS) is 14.7. The first-order valence-corrected chi connectivity index (χ1v) is 11.1. The minimum absolute atomic E-state index is 0.473. The number of para-hydroxylation sites is 1. The average molecular weight is 413 g/mol. The number of benzene rings is 2. The Labute approximate surface area is 176 Å². The maximum atomic E-state index is 6.19. The van der Waals surface area contributed by atoms with Gasteiger partial charge in [0.05, 0.1) is 20.8 Å². The molecule has 1 saturated carbocycles. The summed E-state index contributed by atoms with van der Waals surface area (Å²) in [5, 5.41) is 3.07. The molecule has 3 aromatic rings. The molecule has 0 atom stereocenters. The lowest BCUT2D eigenvalue weighted by molar-refractivity contribution is 0.203. The molecule has 0 N–H and O–H groups in total. The molecule has 1 fully saturated rings. The molecule has 0 spiro atoms. The number of methoxy groups -OCH3 is 2. The van der Waals surface area contributed by atoms with Gasteiger partial charge in [-0.05, 0) is 30.9 Å². The third-order valence-corrected chi connectivity index (χ3v) is 6.52. The summed E-state index contributed by atoms with van der Waals surface area (Å²) in [5.74, 6) is 3.90. The molecule has 0 aliphatic heterocycles. The first-order chi connectivity index (χ1) is 14.3. The minimum Gasteiger partial charge on any atom is -0.493 e. The van der Waals surface area contributed by atoms with Crippen LogP contribution in [0, 0.1) is 5.92 Å². The van der Waals surface area contributed by atoms with E-state index in [9.17, 15) is 0 Å². The molecular weight excluding hydrogens is 384 g/mol. The molecule has 0 saturated heterocycles. The Morgan fingerprint density at radius 1 is 0.862 bits per heavy atom. The van der Waals surface area contributed by atoms with Gasteiger partial charge in [-0.2, -0.15) is 0 Å². The first kappa shape index (κ1) is 19.9. The molecule has 1 heterocycles. The topological polar surface area (TPSA) is 36.9 Å². The van der Waals surface area contributed by atoms with E-state index < -0.39 is 0 Å². The number of ether oxygens (including phenoxy) is 4. The maximum Gasteiger partial charge on any atom is 0.162 e. The second kappa shape index (κ2) is 9.40. The van der Waals surface area contributed by atoms with Crippen molar-refractivity contribution in [3.05, 3.63) is 47.3 Å². The van der Waals surface area contributed by atoms with Crippen LogP contribution in [0.25, 0.3) is 10.1 Å². The standard InChI is InChI=1S/C24H28O4S/c1-25-21-12-19-23(16-29-24(19)13-22(21)26-2)28-15-18-10-6-7-11-20(18)27-14-17-8-4-3-5-9-17/h6-7,10-13,16-17H,3-5,8-9,14-15H2,1-2H3. The van der Waals surface area contributed by atoms with Crippen molar-refractivity contribution in [3.8, 4) is 23.0 Å². The Morgan fingerprint density at radius 2 is 1.62 bits per heavy atom. The highest BCUT2D eigenvalue weighted by molar-refractivity contribution is 7.17. The van der Waals surface area contributed by atoms with Gasteiger partial charge in [-0.25, -0.2) is 0 Å². The Morgan fingerprint density at radius 3 is 2.41 bits per heavy atom. The van der Waals surface area contributed by atoms with Crippen LogP contribution in [-0.2, 0) is 6.61 Å². The van der Waals surface area contributed by atoms with E-state index in [0.29, 0.717) is 18.3 Å². The highest BCUT2D eigenvalue weighted by Gasteiger charge is 2.16. The third-order valence-electron chi connectivity index (χ3n) is 5.60.